The van der Waals surface area contributed by atoms with Crippen LogP contribution in [0.25, 0.3) is 0 Å². The summed E-state index contributed by atoms with van der Waals surface area (Å²) in [4.78, 5) is 29.6. The van der Waals surface area contributed by atoms with E-state index in [2.05, 4.69) is 10.6 Å². The molecule has 0 saturated carbocycles. The maximum atomic E-state index is 14.4. The number of hydrogen-bond donors (Lipinski definition) is 2. The van der Waals surface area contributed by atoms with Gasteiger partial charge < -0.3 is 25.0 Å². The number of rotatable bonds is 8. The number of thiocarbonyl (C=S) groups is 1. The fourth-order valence-corrected chi connectivity index (χ4v) is 5.48. The van der Waals surface area contributed by atoms with Crippen molar-refractivity contribution in [3.8, 4) is 5.75 Å². The molecule has 1 amide bonds. The molecule has 0 radical (unpaired) electrons. The molecule has 5 rings (SSSR count). The first-order chi connectivity index (χ1) is 20.3. The van der Waals surface area contributed by atoms with Crippen molar-refractivity contribution in [2.75, 3.05) is 24.9 Å². The third-order valence-corrected chi connectivity index (χ3v) is 7.83. The van der Waals surface area contributed by atoms with Crippen LogP contribution in [-0.4, -0.2) is 36.0 Å². The second kappa shape index (κ2) is 12.8. The minimum atomic E-state index is -1.11. The Morgan fingerprint density at radius 3 is 2.21 bits per heavy atom. The molecule has 42 heavy (non-hydrogen) atoms. The minimum Gasteiger partial charge on any atom is -0.497 e. The van der Waals surface area contributed by atoms with Gasteiger partial charge in [0.25, 0.3) is 5.91 Å². The Morgan fingerprint density at radius 2 is 1.60 bits per heavy atom. The lowest BCUT2D eigenvalue weighted by Crippen LogP contribution is -2.44. The van der Waals surface area contributed by atoms with Crippen LogP contribution in [0.5, 0.6) is 5.75 Å². The highest BCUT2D eigenvalue weighted by Gasteiger charge is 2.42. The third kappa shape index (κ3) is 6.21. The number of anilines is 2. The Bertz CT molecular complexity index is 1610. The van der Waals surface area contributed by atoms with Gasteiger partial charge in [-0.3, -0.25) is 4.79 Å². The second-order valence-electron chi connectivity index (χ2n) is 9.59. The van der Waals surface area contributed by atoms with E-state index in [-0.39, 0.29) is 0 Å². The molecule has 0 aliphatic carbocycles. The molecule has 2 atom stereocenters. The predicted molar refractivity (Wildman–Crippen MR) is 170 cm³/mol. The molecule has 2 unspecified atom stereocenters. The average molecular weight is 621 g/mol. The molecule has 7 nitrogen and oxygen atoms in total. The van der Waals surface area contributed by atoms with Crippen LogP contribution >= 0.6 is 35.4 Å². The van der Waals surface area contributed by atoms with E-state index in [9.17, 15) is 9.59 Å². The largest absolute Gasteiger partial charge is 0.497 e. The van der Waals surface area contributed by atoms with Crippen LogP contribution in [0.4, 0.5) is 11.4 Å². The van der Waals surface area contributed by atoms with Gasteiger partial charge in [0.1, 0.15) is 16.8 Å². The molecule has 10 heteroatoms. The number of fused-ring (bicyclic) bond motifs is 1. The summed E-state index contributed by atoms with van der Waals surface area (Å²) in [5, 5.41) is 7.69. The molecule has 4 aromatic carbocycles. The predicted octanol–water partition coefficient (Wildman–Crippen LogP) is 7.46. The molecular formula is C32H27Cl2N3O4S. The van der Waals surface area contributed by atoms with Crippen molar-refractivity contribution < 1.29 is 19.1 Å². The second-order valence-corrected chi connectivity index (χ2v) is 10.9. The summed E-state index contributed by atoms with van der Waals surface area (Å²) in [5.74, 6) is -0.235. The molecule has 0 spiro atoms. The van der Waals surface area contributed by atoms with Crippen molar-refractivity contribution in [2.45, 2.75) is 18.6 Å². The zero-order valence-electron chi connectivity index (χ0n) is 22.8. The summed E-state index contributed by atoms with van der Waals surface area (Å²) in [5.41, 5.74) is 3.92. The number of esters is 1. The van der Waals surface area contributed by atoms with Gasteiger partial charge in [0.2, 0.25) is 0 Å². The fraction of sp³-hybridized carbons (Fsp3) is 0.156. The minimum absolute atomic E-state index is 0.333. The molecule has 0 aromatic heterocycles. The standard InChI is InChI=1S/C32H27Cl2N3O4S/c1-40-25-14-3-19(4-15-25)18-35-24-13-16-26-27(17-24)36-30(42)28(20-5-9-22(33)10-6-20)37(31(26)38)29(32(39)41-2)21-7-11-23(34)12-8-21/h3-17,28-29,35H,18H2,1-2H3,(H,36,42). The number of carbonyl (C=O) groups is 2. The van der Waals surface area contributed by atoms with Crippen molar-refractivity contribution in [3.05, 3.63) is 123 Å². The Balaban J connectivity index is 1.56. The molecule has 1 aliphatic rings. The molecule has 1 aliphatic heterocycles. The summed E-state index contributed by atoms with van der Waals surface area (Å²) in [7, 11) is 2.92. The van der Waals surface area contributed by atoms with Crippen molar-refractivity contribution in [2.24, 2.45) is 0 Å². The number of methoxy groups -OCH3 is 2. The van der Waals surface area contributed by atoms with Crippen LogP contribution in [0.15, 0.2) is 91.0 Å². The summed E-state index contributed by atoms with van der Waals surface area (Å²) in [6.07, 6.45) is 0. The van der Waals surface area contributed by atoms with Gasteiger partial charge in [-0.1, -0.05) is 71.8 Å². The first-order valence-electron chi connectivity index (χ1n) is 13.0. The highest BCUT2D eigenvalue weighted by molar-refractivity contribution is 7.80. The zero-order valence-corrected chi connectivity index (χ0v) is 25.1. The van der Waals surface area contributed by atoms with Crippen LogP contribution in [0.3, 0.4) is 0 Å². The maximum absolute atomic E-state index is 14.4. The smallest absolute Gasteiger partial charge is 0.333 e. The zero-order chi connectivity index (χ0) is 29.8. The molecule has 0 bridgehead atoms. The van der Waals surface area contributed by atoms with Crippen molar-refractivity contribution >= 4 is 63.7 Å². The van der Waals surface area contributed by atoms with E-state index in [1.54, 1.807) is 61.7 Å². The normalized spacial score (nSPS) is 15.2. The Kier molecular flexibility index (Phi) is 8.97. The van der Waals surface area contributed by atoms with E-state index in [1.165, 1.54) is 12.0 Å². The van der Waals surface area contributed by atoms with Crippen molar-refractivity contribution in [1.29, 1.82) is 0 Å². The van der Waals surface area contributed by atoms with Gasteiger partial charge in [-0.25, -0.2) is 4.79 Å². The maximum Gasteiger partial charge on any atom is 0.333 e. The van der Waals surface area contributed by atoms with E-state index in [0.29, 0.717) is 44.0 Å². The first-order valence-corrected chi connectivity index (χ1v) is 14.2. The Labute approximate surface area is 259 Å². The van der Waals surface area contributed by atoms with Gasteiger partial charge >= 0.3 is 5.97 Å². The van der Waals surface area contributed by atoms with Gasteiger partial charge in [0.15, 0.2) is 6.04 Å². The molecular weight excluding hydrogens is 593 g/mol. The topological polar surface area (TPSA) is 79.9 Å². The number of ether oxygens (including phenoxy) is 2. The number of nitrogens with one attached hydrogen (secondary N) is 2. The van der Waals surface area contributed by atoms with Gasteiger partial charge in [-0.15, -0.1) is 0 Å². The molecule has 0 fully saturated rings. The third-order valence-electron chi connectivity index (χ3n) is 7.00. The lowest BCUT2D eigenvalue weighted by Gasteiger charge is -2.36. The lowest BCUT2D eigenvalue weighted by atomic mass is 9.98. The SMILES string of the molecule is COC(=O)C(c1ccc(Cl)cc1)N1C(=O)c2ccc(NCc3ccc(OC)cc3)cc2NC(=S)C1c1ccc(Cl)cc1. The fourth-order valence-electron chi connectivity index (χ4n) is 4.87. The van der Waals surface area contributed by atoms with Crippen molar-refractivity contribution in [1.82, 2.24) is 4.90 Å². The molecule has 4 aromatic rings. The summed E-state index contributed by atoms with van der Waals surface area (Å²) >= 11 is 18.2. The van der Waals surface area contributed by atoms with Crippen LogP contribution in [0.2, 0.25) is 10.0 Å². The van der Waals surface area contributed by atoms with Crippen LogP contribution in [0, 0.1) is 0 Å². The monoisotopic (exact) mass is 619 g/mol. The molecule has 0 saturated heterocycles. The number of halogens is 2. The molecule has 2 N–H and O–H groups in total. The van der Waals surface area contributed by atoms with Crippen LogP contribution < -0.4 is 15.4 Å². The average Bonchev–Trinajstić information content (AvgIpc) is 3.11. The number of nitrogens with zero attached hydrogens (tertiary/aromatic N) is 1. The number of hydrogen-bond acceptors (Lipinski definition) is 6. The van der Waals surface area contributed by atoms with Crippen LogP contribution in [-0.2, 0) is 16.1 Å². The van der Waals surface area contributed by atoms with Crippen LogP contribution in [0.1, 0.15) is 39.1 Å². The van der Waals surface area contributed by atoms with E-state index in [1.807, 2.05) is 36.4 Å². The Hall–Kier alpha value is -4.11. The van der Waals surface area contributed by atoms with Crippen molar-refractivity contribution in [3.63, 3.8) is 0 Å². The quantitative estimate of drug-likeness (QED) is 0.156. The summed E-state index contributed by atoms with van der Waals surface area (Å²) in [6.45, 7) is 0.557. The van der Waals surface area contributed by atoms with E-state index >= 15 is 0 Å². The molecule has 214 valence electrons. The van der Waals surface area contributed by atoms with E-state index < -0.39 is 24.0 Å². The Morgan fingerprint density at radius 1 is 0.952 bits per heavy atom. The number of amides is 1. The van der Waals surface area contributed by atoms with E-state index in [0.717, 1.165) is 17.0 Å². The van der Waals surface area contributed by atoms with Gasteiger partial charge in [0, 0.05) is 22.3 Å². The van der Waals surface area contributed by atoms with Gasteiger partial charge in [-0.05, 0) is 71.3 Å². The highest BCUT2D eigenvalue weighted by atomic mass is 35.5. The summed E-state index contributed by atoms with van der Waals surface area (Å²) in [6, 6.07) is 24.9. The number of benzene rings is 4. The van der Waals surface area contributed by atoms with Gasteiger partial charge in [0.05, 0.1) is 25.5 Å². The van der Waals surface area contributed by atoms with E-state index in [4.69, 9.17) is 44.9 Å². The molecule has 1 heterocycles. The van der Waals surface area contributed by atoms with Gasteiger partial charge in [-0.2, -0.15) is 0 Å². The highest BCUT2D eigenvalue weighted by Crippen LogP contribution is 2.39. The first kappa shape index (κ1) is 29.4. The summed E-state index contributed by atoms with van der Waals surface area (Å²) < 4.78 is 10.4. The lowest BCUT2D eigenvalue weighted by molar-refractivity contribution is -0.146. The number of carbonyl (C=O) groups excluding carboxylic acids is 2.